The second-order valence-electron chi connectivity index (χ2n) is 4.55. The van der Waals surface area contributed by atoms with Crippen molar-refractivity contribution in [1.82, 2.24) is 10.2 Å². The van der Waals surface area contributed by atoms with Crippen molar-refractivity contribution in [3.8, 4) is 0 Å². The summed E-state index contributed by atoms with van der Waals surface area (Å²) in [6, 6.07) is -0.475. The molecule has 1 fully saturated rings. The summed E-state index contributed by atoms with van der Waals surface area (Å²) < 4.78 is 5.17. The van der Waals surface area contributed by atoms with Crippen LogP contribution in [-0.4, -0.2) is 54.9 Å². The number of amides is 2. The zero-order valence-corrected chi connectivity index (χ0v) is 11.0. The number of nitrogens with one attached hydrogen (secondary N) is 1. The largest absolute Gasteiger partial charge is 0.481 e. The number of carbonyl (C=O) groups excluding carboxylic acids is 1. The van der Waals surface area contributed by atoms with Crippen LogP contribution in [0.3, 0.4) is 0 Å². The van der Waals surface area contributed by atoms with Gasteiger partial charge in [-0.15, -0.1) is 0 Å². The third-order valence-electron chi connectivity index (χ3n) is 3.26. The summed E-state index contributed by atoms with van der Waals surface area (Å²) in [5.74, 6) is -1.27. The third-order valence-corrected chi connectivity index (χ3v) is 3.26. The van der Waals surface area contributed by atoms with Gasteiger partial charge in [0.1, 0.15) is 0 Å². The maximum atomic E-state index is 11.8. The Balaban J connectivity index is 2.36. The molecule has 0 saturated heterocycles. The van der Waals surface area contributed by atoms with E-state index in [1.165, 1.54) is 4.90 Å². The highest BCUT2D eigenvalue weighted by atomic mass is 16.5. The van der Waals surface area contributed by atoms with Crippen molar-refractivity contribution >= 4 is 12.0 Å². The van der Waals surface area contributed by atoms with Crippen molar-refractivity contribution in [3.05, 3.63) is 0 Å². The van der Waals surface area contributed by atoms with Crippen LogP contribution in [0.2, 0.25) is 0 Å². The number of ether oxygens (including phenoxy) is 1. The summed E-state index contributed by atoms with van der Waals surface area (Å²) in [6.07, 6.45) is 2.23. The second-order valence-corrected chi connectivity index (χ2v) is 4.55. The van der Waals surface area contributed by atoms with Gasteiger partial charge >= 0.3 is 12.0 Å². The Labute approximate surface area is 107 Å². The maximum Gasteiger partial charge on any atom is 0.317 e. The van der Waals surface area contributed by atoms with E-state index >= 15 is 0 Å². The number of carbonyl (C=O) groups is 2. The predicted molar refractivity (Wildman–Crippen MR) is 66.4 cm³/mol. The molecule has 104 valence electrons. The van der Waals surface area contributed by atoms with Gasteiger partial charge in [0.2, 0.25) is 0 Å². The van der Waals surface area contributed by atoms with E-state index in [9.17, 15) is 9.59 Å². The zero-order valence-electron chi connectivity index (χ0n) is 11.0. The van der Waals surface area contributed by atoms with Crippen LogP contribution in [0.1, 0.15) is 26.2 Å². The number of hydrogen-bond donors (Lipinski definition) is 2. The fraction of sp³-hybridized carbons (Fsp3) is 0.833. The minimum atomic E-state index is -0.824. The summed E-state index contributed by atoms with van der Waals surface area (Å²) in [6.45, 7) is 3.52. The van der Waals surface area contributed by atoms with Gasteiger partial charge in [0.15, 0.2) is 0 Å². The van der Waals surface area contributed by atoms with Crippen molar-refractivity contribution in [3.63, 3.8) is 0 Å². The minimum absolute atomic E-state index is 0.229. The Bertz CT molecular complexity index is 296. The van der Waals surface area contributed by atoms with Crippen molar-refractivity contribution in [1.29, 1.82) is 0 Å². The normalized spacial score (nSPS) is 22.8. The first-order chi connectivity index (χ1) is 8.56. The summed E-state index contributed by atoms with van der Waals surface area (Å²) in [5.41, 5.74) is 0. The highest BCUT2D eigenvalue weighted by Crippen LogP contribution is 2.25. The molecule has 2 atom stereocenters. The van der Waals surface area contributed by atoms with Crippen molar-refractivity contribution in [2.24, 2.45) is 5.92 Å². The number of hydrogen-bond acceptors (Lipinski definition) is 3. The van der Waals surface area contributed by atoms with Crippen LogP contribution in [0.25, 0.3) is 0 Å². The number of carboxylic acids is 1. The topological polar surface area (TPSA) is 78.9 Å². The molecule has 0 aromatic carbocycles. The van der Waals surface area contributed by atoms with E-state index < -0.39 is 11.9 Å². The van der Waals surface area contributed by atoms with Gasteiger partial charge < -0.3 is 20.1 Å². The van der Waals surface area contributed by atoms with Crippen LogP contribution < -0.4 is 5.32 Å². The molecule has 0 aromatic heterocycles. The summed E-state index contributed by atoms with van der Waals surface area (Å²) in [7, 11) is 1.68. The predicted octanol–water partition coefficient (Wildman–Crippen LogP) is 0.918. The molecule has 1 aliphatic rings. The Hall–Kier alpha value is -1.30. The summed E-state index contributed by atoms with van der Waals surface area (Å²) in [4.78, 5) is 24.3. The standard InChI is InChI=1S/C12H22N2O4/c1-3-18-8-7-14(2)12(17)13-10-6-4-5-9(10)11(15)16/h9-10H,3-8H2,1-2H3,(H,13,17)(H,15,16). The molecule has 2 amide bonds. The molecule has 0 aliphatic heterocycles. The van der Waals surface area contributed by atoms with E-state index in [4.69, 9.17) is 9.84 Å². The Morgan fingerprint density at radius 1 is 1.44 bits per heavy atom. The van der Waals surface area contributed by atoms with Crippen LogP contribution in [0.4, 0.5) is 4.79 Å². The first kappa shape index (κ1) is 14.8. The van der Waals surface area contributed by atoms with Crippen LogP contribution in [-0.2, 0) is 9.53 Å². The van der Waals surface area contributed by atoms with E-state index in [1.807, 2.05) is 6.92 Å². The molecule has 2 unspecified atom stereocenters. The Morgan fingerprint density at radius 2 is 2.17 bits per heavy atom. The van der Waals surface area contributed by atoms with E-state index in [2.05, 4.69) is 5.32 Å². The molecular formula is C12H22N2O4. The number of carboxylic acid groups (broad SMARTS) is 1. The third kappa shape index (κ3) is 4.18. The number of likely N-dealkylation sites (N-methyl/N-ethyl adjacent to an activating group) is 1. The molecule has 0 spiro atoms. The van der Waals surface area contributed by atoms with Gasteiger partial charge in [-0.3, -0.25) is 4.79 Å². The molecule has 0 radical (unpaired) electrons. The van der Waals surface area contributed by atoms with Gasteiger partial charge in [0.25, 0.3) is 0 Å². The minimum Gasteiger partial charge on any atom is -0.481 e. The number of aliphatic carboxylic acids is 1. The van der Waals surface area contributed by atoms with Gasteiger partial charge in [0.05, 0.1) is 12.5 Å². The van der Waals surface area contributed by atoms with Gasteiger partial charge in [-0.05, 0) is 19.8 Å². The molecular weight excluding hydrogens is 236 g/mol. The molecule has 0 bridgehead atoms. The molecule has 0 aromatic rings. The average Bonchev–Trinajstić information content (AvgIpc) is 2.77. The molecule has 0 heterocycles. The molecule has 1 rings (SSSR count). The number of rotatable bonds is 6. The van der Waals surface area contributed by atoms with Gasteiger partial charge in [-0.25, -0.2) is 4.79 Å². The van der Waals surface area contributed by atoms with E-state index in [-0.39, 0.29) is 12.1 Å². The van der Waals surface area contributed by atoms with Crippen molar-refractivity contribution < 1.29 is 19.4 Å². The number of urea groups is 1. The lowest BCUT2D eigenvalue weighted by Crippen LogP contribution is -2.46. The molecule has 1 aliphatic carbocycles. The molecule has 18 heavy (non-hydrogen) atoms. The van der Waals surface area contributed by atoms with E-state index in [1.54, 1.807) is 7.05 Å². The first-order valence-corrected chi connectivity index (χ1v) is 6.38. The molecule has 2 N–H and O–H groups in total. The van der Waals surface area contributed by atoms with Crippen LogP contribution in [0.15, 0.2) is 0 Å². The van der Waals surface area contributed by atoms with Gasteiger partial charge in [0, 0.05) is 26.2 Å². The summed E-state index contributed by atoms with van der Waals surface area (Å²) in [5, 5.41) is 11.8. The Morgan fingerprint density at radius 3 is 2.78 bits per heavy atom. The molecule has 6 heteroatoms. The first-order valence-electron chi connectivity index (χ1n) is 6.38. The SMILES string of the molecule is CCOCCN(C)C(=O)NC1CCCC1C(=O)O. The maximum absolute atomic E-state index is 11.8. The van der Waals surface area contributed by atoms with Crippen LogP contribution >= 0.6 is 0 Å². The zero-order chi connectivity index (χ0) is 13.5. The van der Waals surface area contributed by atoms with E-state index in [0.717, 1.165) is 12.8 Å². The fourth-order valence-corrected chi connectivity index (χ4v) is 2.14. The lowest BCUT2D eigenvalue weighted by molar-refractivity contribution is -0.142. The highest BCUT2D eigenvalue weighted by molar-refractivity contribution is 5.77. The second kappa shape index (κ2) is 7.20. The number of nitrogens with zero attached hydrogens (tertiary/aromatic N) is 1. The van der Waals surface area contributed by atoms with Crippen LogP contribution in [0.5, 0.6) is 0 Å². The van der Waals surface area contributed by atoms with Crippen LogP contribution in [0, 0.1) is 5.92 Å². The summed E-state index contributed by atoms with van der Waals surface area (Å²) >= 11 is 0. The van der Waals surface area contributed by atoms with Crippen molar-refractivity contribution in [2.45, 2.75) is 32.2 Å². The molecule has 6 nitrogen and oxygen atoms in total. The monoisotopic (exact) mass is 258 g/mol. The lowest BCUT2D eigenvalue weighted by atomic mass is 10.0. The highest BCUT2D eigenvalue weighted by Gasteiger charge is 2.34. The van der Waals surface area contributed by atoms with Gasteiger partial charge in [-0.2, -0.15) is 0 Å². The van der Waals surface area contributed by atoms with E-state index in [0.29, 0.717) is 26.2 Å². The van der Waals surface area contributed by atoms with Gasteiger partial charge in [-0.1, -0.05) is 6.42 Å². The molecule has 1 saturated carbocycles. The smallest absolute Gasteiger partial charge is 0.317 e. The Kier molecular flexibility index (Phi) is 5.91. The average molecular weight is 258 g/mol. The fourth-order valence-electron chi connectivity index (χ4n) is 2.14. The lowest BCUT2D eigenvalue weighted by Gasteiger charge is -2.23. The van der Waals surface area contributed by atoms with Crippen molar-refractivity contribution in [2.75, 3.05) is 26.8 Å². The quantitative estimate of drug-likeness (QED) is 0.694.